The Balaban J connectivity index is 0.000000216. The third-order valence-corrected chi connectivity index (χ3v) is 14.2. The molecule has 9 nitrogen and oxygen atoms in total. The van der Waals surface area contributed by atoms with Crippen LogP contribution in [0.25, 0.3) is 73.2 Å². The van der Waals surface area contributed by atoms with Crippen LogP contribution in [-0.2, 0) is 67.2 Å². The summed E-state index contributed by atoms with van der Waals surface area (Å²) < 4.78 is 172. The van der Waals surface area contributed by atoms with Crippen LogP contribution in [0, 0.1) is 13.8 Å². The average molecular weight is 1360 g/mol. The molecule has 0 unspecified atom stereocenters. The van der Waals surface area contributed by atoms with E-state index in [1.807, 2.05) is 188 Å². The van der Waals surface area contributed by atoms with Gasteiger partial charge in [-0.25, -0.2) is 0 Å². The molecule has 478 valence electrons. The van der Waals surface area contributed by atoms with Gasteiger partial charge in [0.1, 0.15) is 5.75 Å². The van der Waals surface area contributed by atoms with Crippen LogP contribution in [0.2, 0.25) is 0 Å². The number of halogens is 12. The van der Waals surface area contributed by atoms with Crippen LogP contribution in [0.15, 0.2) is 179 Å². The number of nitrogens with zero attached hydrogens (tertiary/aromatic N) is 5. The summed E-state index contributed by atoms with van der Waals surface area (Å²) in [4.78, 5) is 8.18. The Kier molecular flexibility index (Phi) is 20.6. The molecule has 92 heavy (non-hydrogen) atoms. The maximum atomic E-state index is 13.5. The van der Waals surface area contributed by atoms with E-state index in [0.717, 1.165) is 44.1 Å². The molecule has 0 saturated heterocycles. The summed E-state index contributed by atoms with van der Waals surface area (Å²) in [5, 5.41) is 32.1. The van der Waals surface area contributed by atoms with E-state index in [1.54, 1.807) is 12.1 Å². The predicted molar refractivity (Wildman–Crippen MR) is 326 cm³/mol. The van der Waals surface area contributed by atoms with Crippen molar-refractivity contribution in [2.24, 2.45) is 0 Å². The molecule has 0 fully saturated rings. The summed E-state index contributed by atoms with van der Waals surface area (Å²) in [6.07, 6.45) is -20.1. The third kappa shape index (κ3) is 16.6. The SMILES string of the molecule is CC(C)(C)c1cc(-c2noc(-c3cc(C(F)(F)F)cc(C(F)(F)F)c3)n2)c(O)c(-n2c3ccccc3c3ccccc32)c1.CC(C)(C)c1cc(-c2noc(-c3cc(C(F)(F)F)cc(C(F)(F)F)c3)n2)c(O)c(C(C)(C)C)c1.[CH2-]c1ccccc1.[CH2-]c1ccccc1.[Zr+2]. The summed E-state index contributed by atoms with van der Waals surface area (Å²) in [5.41, 5.74) is -1.76. The first-order chi connectivity index (χ1) is 42.2. The molecule has 0 atom stereocenters. The standard InChI is InChI=1S/C32H23F6N3O2.C24H24F6N2O2.2C7H7.Zr/c1-30(2,3)18-15-23(27(42)26(16-18)41-24-10-6-4-8-21(24)22-9-5-7-11-25(22)41)28-39-29(43-40-28)17-12-19(31(33,34)35)14-20(13-17)32(36,37)38;1-21(2,3)13-10-16(18(33)17(11-13)22(4,5)6)19-31-20(34-32-19)12-7-14(23(25,26)27)9-15(8-12)24(28,29)30;2*1-7-5-3-2-4-6-7;/h4-16,42H,1-3H3;7-11,33H,1-6H3;2*2-6H,1H2;/q;;2*-1;+2. The quantitative estimate of drug-likeness (QED) is 0.129. The van der Waals surface area contributed by atoms with Crippen LogP contribution < -0.4 is 0 Å². The Morgan fingerprint density at radius 1 is 0.380 bits per heavy atom. The van der Waals surface area contributed by atoms with Crippen LogP contribution in [-0.4, -0.2) is 35.1 Å². The zero-order valence-corrected chi connectivity index (χ0v) is 53.5. The Morgan fingerprint density at radius 2 is 0.707 bits per heavy atom. The van der Waals surface area contributed by atoms with Gasteiger partial charge in [0.2, 0.25) is 11.6 Å². The fourth-order valence-corrected chi connectivity index (χ4v) is 9.40. The van der Waals surface area contributed by atoms with Crippen molar-refractivity contribution in [3.63, 3.8) is 0 Å². The molecule has 0 saturated carbocycles. The first-order valence-electron chi connectivity index (χ1n) is 28.0. The molecule has 3 heterocycles. The molecule has 11 aromatic rings. The second-order valence-electron chi connectivity index (χ2n) is 24.3. The van der Waals surface area contributed by atoms with Gasteiger partial charge in [0.15, 0.2) is 5.75 Å². The van der Waals surface area contributed by atoms with E-state index in [0.29, 0.717) is 35.5 Å². The molecule has 8 aromatic carbocycles. The summed E-state index contributed by atoms with van der Waals surface area (Å²) in [7, 11) is 0. The van der Waals surface area contributed by atoms with E-state index < -0.39 is 80.7 Å². The Morgan fingerprint density at radius 3 is 1.02 bits per heavy atom. The van der Waals surface area contributed by atoms with Crippen molar-refractivity contribution in [1.82, 2.24) is 24.8 Å². The number of fused-ring (bicyclic) bond motifs is 3. The molecule has 0 spiro atoms. The number of aromatic hydroxyl groups is 2. The van der Waals surface area contributed by atoms with Crippen LogP contribution in [0.1, 0.15) is 112 Å². The molecule has 0 aliphatic carbocycles. The number of rotatable bonds is 5. The van der Waals surface area contributed by atoms with Crippen LogP contribution in [0.5, 0.6) is 11.5 Å². The summed E-state index contributed by atoms with van der Waals surface area (Å²) >= 11 is 0. The second-order valence-corrected chi connectivity index (χ2v) is 24.3. The van der Waals surface area contributed by atoms with Gasteiger partial charge in [-0.05, 0) is 94.1 Å². The number of phenolic OH excluding ortho intramolecular Hbond substituents is 2. The normalized spacial score (nSPS) is 12.3. The van der Waals surface area contributed by atoms with Gasteiger partial charge in [0.05, 0.1) is 50.1 Å². The molecular formula is C70H61F12N5O4Zr. The molecule has 0 radical (unpaired) electrons. The number of benzene rings is 8. The first-order valence-corrected chi connectivity index (χ1v) is 28.0. The molecule has 22 heteroatoms. The summed E-state index contributed by atoms with van der Waals surface area (Å²) in [6.45, 7) is 24.9. The maximum Gasteiger partial charge on any atom is 2.00 e. The zero-order chi connectivity index (χ0) is 67.0. The van der Waals surface area contributed by atoms with Crippen molar-refractivity contribution in [2.75, 3.05) is 0 Å². The van der Waals surface area contributed by atoms with Crippen LogP contribution in [0.3, 0.4) is 0 Å². The van der Waals surface area contributed by atoms with Gasteiger partial charge in [0.25, 0.3) is 11.8 Å². The number of hydrogen-bond acceptors (Lipinski definition) is 8. The molecule has 3 aromatic heterocycles. The molecule has 0 bridgehead atoms. The third-order valence-electron chi connectivity index (χ3n) is 14.2. The fourth-order valence-electron chi connectivity index (χ4n) is 9.40. The van der Waals surface area contributed by atoms with Gasteiger partial charge >= 0.3 is 50.9 Å². The minimum atomic E-state index is -5.05. The van der Waals surface area contributed by atoms with Gasteiger partial charge < -0.3 is 23.8 Å². The molecule has 0 aliphatic heterocycles. The van der Waals surface area contributed by atoms with Crippen molar-refractivity contribution in [3.05, 3.63) is 234 Å². The molecular weight excluding hydrogens is 1290 g/mol. The molecule has 11 rings (SSSR count). The second kappa shape index (κ2) is 26.8. The van der Waals surface area contributed by atoms with Gasteiger partial charge in [0, 0.05) is 27.5 Å². The minimum Gasteiger partial charge on any atom is -0.507 e. The molecule has 0 aliphatic rings. The Bertz CT molecular complexity index is 4200. The van der Waals surface area contributed by atoms with Crippen molar-refractivity contribution < 1.29 is 98.1 Å². The largest absolute Gasteiger partial charge is 2.00 e. The first kappa shape index (κ1) is 70.7. The van der Waals surface area contributed by atoms with Gasteiger partial charge in [-0.3, -0.25) is 0 Å². The van der Waals surface area contributed by atoms with Crippen molar-refractivity contribution in [3.8, 4) is 62.9 Å². The number of hydrogen-bond donors (Lipinski definition) is 2. The average Bonchev–Trinajstić information content (AvgIpc) is 1.55. The monoisotopic (exact) mass is 1350 g/mol. The van der Waals surface area contributed by atoms with Crippen LogP contribution >= 0.6 is 0 Å². The number of phenols is 2. The van der Waals surface area contributed by atoms with E-state index in [4.69, 9.17) is 9.05 Å². The fraction of sp³-hybridized carbons (Fsp3) is 0.229. The van der Waals surface area contributed by atoms with E-state index in [-0.39, 0.29) is 78.0 Å². The Hall–Kier alpha value is -8.78. The van der Waals surface area contributed by atoms with Crippen molar-refractivity contribution >= 4 is 21.8 Å². The van der Waals surface area contributed by atoms with E-state index in [9.17, 15) is 62.9 Å². The number of aromatic nitrogens is 5. The van der Waals surface area contributed by atoms with Crippen LogP contribution in [0.4, 0.5) is 52.7 Å². The Labute approximate surface area is 541 Å². The molecule has 2 N–H and O–H groups in total. The molecule has 0 amide bonds. The minimum absolute atomic E-state index is 0. The smallest absolute Gasteiger partial charge is 0.507 e. The predicted octanol–water partition coefficient (Wildman–Crippen LogP) is 21.0. The van der Waals surface area contributed by atoms with Gasteiger partial charge in [-0.15, -0.1) is 24.3 Å². The van der Waals surface area contributed by atoms with E-state index in [1.165, 1.54) is 0 Å². The summed E-state index contributed by atoms with van der Waals surface area (Å²) in [6, 6.07) is 44.1. The van der Waals surface area contributed by atoms with E-state index in [2.05, 4.69) is 34.1 Å². The number of para-hydroxylation sites is 2. The topological polar surface area (TPSA) is 123 Å². The van der Waals surface area contributed by atoms with E-state index >= 15 is 0 Å². The zero-order valence-electron chi connectivity index (χ0n) is 51.1. The van der Waals surface area contributed by atoms with Gasteiger partial charge in [-0.1, -0.05) is 127 Å². The summed E-state index contributed by atoms with van der Waals surface area (Å²) in [5.74, 6) is -1.85. The maximum absolute atomic E-state index is 13.5. The van der Waals surface area contributed by atoms with Crippen molar-refractivity contribution in [1.29, 1.82) is 0 Å². The van der Waals surface area contributed by atoms with Gasteiger partial charge in [-0.2, -0.15) is 112 Å². The van der Waals surface area contributed by atoms with Crippen molar-refractivity contribution in [2.45, 2.75) is 103 Å². The number of alkyl halides is 12.